The highest BCUT2D eigenvalue weighted by Crippen LogP contribution is 2.22. The molecule has 0 radical (unpaired) electrons. The lowest BCUT2D eigenvalue weighted by Crippen LogP contribution is -2.35. The third kappa shape index (κ3) is 4.25. The van der Waals surface area contributed by atoms with E-state index in [1.54, 1.807) is 0 Å². The maximum Gasteiger partial charge on any atom is 0.312 e. The topological polar surface area (TPSA) is 102 Å². The Bertz CT molecular complexity index is 979. The molecule has 3 aromatic rings. The van der Waals surface area contributed by atoms with E-state index in [-0.39, 0.29) is 12.3 Å². The Hall–Kier alpha value is -3.35. The van der Waals surface area contributed by atoms with Crippen molar-refractivity contribution in [2.24, 2.45) is 5.73 Å². The number of carbonyl (C=O) groups excluding carboxylic acids is 2. The van der Waals surface area contributed by atoms with Crippen molar-refractivity contribution >= 4 is 28.9 Å². The number of primary amides is 1. The first-order valence-corrected chi connectivity index (χ1v) is 8.85. The zero-order valence-corrected chi connectivity index (χ0v) is 15.4. The fourth-order valence-electron chi connectivity index (χ4n) is 3.16. The highest BCUT2D eigenvalue weighted by Gasteiger charge is 2.19. The van der Waals surface area contributed by atoms with E-state index in [4.69, 9.17) is 5.73 Å². The molecule has 7 nitrogen and oxygen atoms in total. The predicted octanol–water partition coefficient (Wildman–Crippen LogP) is 3.10. The van der Waals surface area contributed by atoms with Gasteiger partial charge in [0.15, 0.2) is 0 Å². The Balaban J connectivity index is 1.81. The standard InChI is InChI=1S/C20H23N5O2/c1-3-25-17-10-5-4-9-15(17)23-20(25)24-18(26)12-16(22-19(21)27)14-8-6-7-13(2)11-14/h4-11,16H,3,12H2,1-2H3,(H3,21,22,27)(H,23,24,26). The van der Waals surface area contributed by atoms with Gasteiger partial charge < -0.3 is 15.6 Å². The lowest BCUT2D eigenvalue weighted by atomic mass is 10.0. The average molecular weight is 365 g/mol. The molecule has 0 bridgehead atoms. The molecular weight excluding hydrogens is 342 g/mol. The number of imidazole rings is 1. The normalized spacial score (nSPS) is 11.9. The molecule has 7 heteroatoms. The van der Waals surface area contributed by atoms with E-state index < -0.39 is 12.1 Å². The van der Waals surface area contributed by atoms with E-state index in [9.17, 15) is 9.59 Å². The molecule has 1 heterocycles. The third-order valence-electron chi connectivity index (χ3n) is 4.37. The van der Waals surface area contributed by atoms with Crippen LogP contribution in [0.5, 0.6) is 0 Å². The molecule has 0 aliphatic rings. The van der Waals surface area contributed by atoms with Crippen LogP contribution in [0.15, 0.2) is 48.5 Å². The smallest absolute Gasteiger partial charge is 0.312 e. The minimum Gasteiger partial charge on any atom is -0.352 e. The van der Waals surface area contributed by atoms with Crippen LogP contribution in [0.1, 0.15) is 30.5 Å². The van der Waals surface area contributed by atoms with Crippen LogP contribution in [0.25, 0.3) is 11.0 Å². The van der Waals surface area contributed by atoms with Crippen molar-refractivity contribution in [2.45, 2.75) is 32.9 Å². The van der Waals surface area contributed by atoms with E-state index in [2.05, 4.69) is 15.6 Å². The number of rotatable bonds is 6. The van der Waals surface area contributed by atoms with Gasteiger partial charge in [0.25, 0.3) is 0 Å². The summed E-state index contributed by atoms with van der Waals surface area (Å²) in [5, 5.41) is 5.51. The van der Waals surface area contributed by atoms with Gasteiger partial charge in [-0.1, -0.05) is 42.0 Å². The van der Waals surface area contributed by atoms with Crippen LogP contribution in [0.4, 0.5) is 10.7 Å². The maximum atomic E-state index is 12.7. The number of para-hydroxylation sites is 2. The van der Waals surface area contributed by atoms with Gasteiger partial charge in [-0.25, -0.2) is 9.78 Å². The number of anilines is 1. The second kappa shape index (κ2) is 7.90. The minimum atomic E-state index is -0.671. The van der Waals surface area contributed by atoms with Crippen molar-refractivity contribution in [3.63, 3.8) is 0 Å². The second-order valence-corrected chi connectivity index (χ2v) is 6.40. The Morgan fingerprint density at radius 3 is 2.67 bits per heavy atom. The molecule has 140 valence electrons. The number of nitrogens with one attached hydrogen (secondary N) is 2. The zero-order valence-electron chi connectivity index (χ0n) is 15.4. The molecule has 27 heavy (non-hydrogen) atoms. The SMILES string of the molecule is CCn1c(NC(=O)CC(NC(N)=O)c2cccc(C)c2)nc2ccccc21. The molecule has 0 fully saturated rings. The van der Waals surface area contributed by atoms with E-state index >= 15 is 0 Å². The molecule has 1 atom stereocenters. The molecule has 4 N–H and O–H groups in total. The van der Waals surface area contributed by atoms with Gasteiger partial charge in [-0.05, 0) is 31.5 Å². The molecule has 1 unspecified atom stereocenters. The molecule has 0 saturated heterocycles. The third-order valence-corrected chi connectivity index (χ3v) is 4.37. The van der Waals surface area contributed by atoms with E-state index in [0.29, 0.717) is 12.5 Å². The Kier molecular flexibility index (Phi) is 5.40. The van der Waals surface area contributed by atoms with Crippen molar-refractivity contribution in [1.82, 2.24) is 14.9 Å². The summed E-state index contributed by atoms with van der Waals surface area (Å²) in [5.74, 6) is 0.242. The van der Waals surface area contributed by atoms with Crippen molar-refractivity contribution in [3.8, 4) is 0 Å². The maximum absolute atomic E-state index is 12.7. The van der Waals surface area contributed by atoms with Gasteiger partial charge in [-0.2, -0.15) is 0 Å². The quantitative estimate of drug-likeness (QED) is 0.625. The number of benzene rings is 2. The van der Waals surface area contributed by atoms with Gasteiger partial charge in [0.2, 0.25) is 11.9 Å². The van der Waals surface area contributed by atoms with Gasteiger partial charge in [0.1, 0.15) is 0 Å². The number of aryl methyl sites for hydroxylation is 2. The minimum absolute atomic E-state index is 0.0549. The van der Waals surface area contributed by atoms with Crippen molar-refractivity contribution < 1.29 is 9.59 Å². The summed E-state index contributed by atoms with van der Waals surface area (Å²) in [7, 11) is 0. The Morgan fingerprint density at radius 2 is 1.96 bits per heavy atom. The lowest BCUT2D eigenvalue weighted by molar-refractivity contribution is -0.116. The number of amides is 3. The van der Waals surface area contributed by atoms with E-state index in [1.165, 1.54) is 0 Å². The molecule has 1 aromatic heterocycles. The number of hydrogen-bond acceptors (Lipinski definition) is 3. The van der Waals surface area contributed by atoms with Crippen molar-refractivity contribution in [2.75, 3.05) is 5.32 Å². The first kappa shape index (κ1) is 18.4. The lowest BCUT2D eigenvalue weighted by Gasteiger charge is -2.18. The van der Waals surface area contributed by atoms with Gasteiger partial charge in [0.05, 0.1) is 23.5 Å². The number of aromatic nitrogens is 2. The highest BCUT2D eigenvalue weighted by atomic mass is 16.2. The number of nitrogens with zero attached hydrogens (tertiary/aromatic N) is 2. The fourth-order valence-corrected chi connectivity index (χ4v) is 3.16. The summed E-state index contributed by atoms with van der Waals surface area (Å²) < 4.78 is 1.94. The summed E-state index contributed by atoms with van der Waals surface area (Å²) in [4.78, 5) is 28.5. The van der Waals surface area contributed by atoms with Crippen molar-refractivity contribution in [3.05, 3.63) is 59.7 Å². The van der Waals surface area contributed by atoms with Crippen LogP contribution >= 0.6 is 0 Å². The van der Waals surface area contributed by atoms with Crippen LogP contribution in [0, 0.1) is 6.92 Å². The Morgan fingerprint density at radius 1 is 1.19 bits per heavy atom. The van der Waals surface area contributed by atoms with Crippen LogP contribution in [0.3, 0.4) is 0 Å². The van der Waals surface area contributed by atoms with Crippen LogP contribution < -0.4 is 16.4 Å². The summed E-state index contributed by atoms with van der Waals surface area (Å²) in [6.45, 7) is 4.62. The Labute approximate surface area is 157 Å². The first-order chi connectivity index (χ1) is 13.0. The average Bonchev–Trinajstić information content (AvgIpc) is 2.97. The molecular formula is C20H23N5O2. The van der Waals surface area contributed by atoms with Gasteiger partial charge in [0, 0.05) is 6.54 Å². The van der Waals surface area contributed by atoms with Crippen LogP contribution in [-0.2, 0) is 11.3 Å². The fraction of sp³-hybridized carbons (Fsp3) is 0.250. The van der Waals surface area contributed by atoms with Gasteiger partial charge >= 0.3 is 6.03 Å². The van der Waals surface area contributed by atoms with Gasteiger partial charge in [-0.15, -0.1) is 0 Å². The number of urea groups is 1. The van der Waals surface area contributed by atoms with Crippen LogP contribution in [-0.4, -0.2) is 21.5 Å². The summed E-state index contributed by atoms with van der Waals surface area (Å²) in [5.41, 5.74) is 8.94. The highest BCUT2D eigenvalue weighted by molar-refractivity contribution is 5.92. The number of hydrogen-bond donors (Lipinski definition) is 3. The van der Waals surface area contributed by atoms with Crippen LogP contribution in [0.2, 0.25) is 0 Å². The molecule has 0 spiro atoms. The monoisotopic (exact) mass is 365 g/mol. The first-order valence-electron chi connectivity index (χ1n) is 8.85. The number of fused-ring (bicyclic) bond motifs is 1. The summed E-state index contributed by atoms with van der Waals surface area (Å²) >= 11 is 0. The van der Waals surface area contributed by atoms with Gasteiger partial charge in [-0.3, -0.25) is 10.1 Å². The van der Waals surface area contributed by atoms with E-state index in [1.807, 2.05) is 66.9 Å². The summed E-state index contributed by atoms with van der Waals surface area (Å²) in [6.07, 6.45) is 0.0549. The largest absolute Gasteiger partial charge is 0.352 e. The second-order valence-electron chi connectivity index (χ2n) is 6.40. The molecule has 0 aliphatic heterocycles. The molecule has 3 rings (SSSR count). The van der Waals surface area contributed by atoms with E-state index in [0.717, 1.165) is 22.2 Å². The predicted molar refractivity (Wildman–Crippen MR) is 105 cm³/mol. The summed E-state index contributed by atoms with van der Waals surface area (Å²) in [6, 6.07) is 14.2. The van der Waals surface area contributed by atoms with Crippen molar-refractivity contribution in [1.29, 1.82) is 0 Å². The molecule has 0 saturated carbocycles. The number of carbonyl (C=O) groups is 2. The number of nitrogens with two attached hydrogens (primary N) is 1. The molecule has 2 aromatic carbocycles. The zero-order chi connectivity index (χ0) is 19.4. The molecule has 0 aliphatic carbocycles. The molecule has 3 amide bonds.